The van der Waals surface area contributed by atoms with E-state index in [-0.39, 0.29) is 11.5 Å². The molecule has 146 valence electrons. The van der Waals surface area contributed by atoms with Gasteiger partial charge in [0.1, 0.15) is 46.2 Å². The number of aromatic nitrogens is 2. The van der Waals surface area contributed by atoms with Gasteiger partial charge in [-0.05, 0) is 44.3 Å². The maximum absolute atomic E-state index is 12.1. The van der Waals surface area contributed by atoms with E-state index in [0.717, 1.165) is 0 Å². The van der Waals surface area contributed by atoms with Crippen molar-refractivity contribution in [2.75, 3.05) is 25.2 Å². The van der Waals surface area contributed by atoms with Gasteiger partial charge in [0.2, 0.25) is 0 Å². The highest BCUT2D eigenvalue weighted by Crippen LogP contribution is 2.32. The summed E-state index contributed by atoms with van der Waals surface area (Å²) < 4.78 is 25.7. The Bertz CT molecular complexity index is 1050. The highest BCUT2D eigenvalue weighted by Gasteiger charge is 2.20. The first-order valence-electron chi connectivity index (χ1n) is 8.25. The molecule has 1 aromatic carbocycles. The number of hydrogen-bond acceptors (Lipinski definition) is 8. The lowest BCUT2D eigenvalue weighted by atomic mass is 10.1. The number of nitrogens with zero attached hydrogens (tertiary/aromatic N) is 2. The van der Waals surface area contributed by atoms with E-state index in [1.54, 1.807) is 44.3 Å². The summed E-state index contributed by atoms with van der Waals surface area (Å²) in [4.78, 5) is 8.76. The van der Waals surface area contributed by atoms with E-state index in [2.05, 4.69) is 20.0 Å². The molecule has 0 aliphatic rings. The average molecular weight is 400 g/mol. The highest BCUT2D eigenvalue weighted by atomic mass is 32.2. The number of aryl methyl sites for hydroxylation is 1. The van der Waals surface area contributed by atoms with E-state index in [1.807, 2.05) is 0 Å². The van der Waals surface area contributed by atoms with Crippen LogP contribution in [-0.2, 0) is 11.0 Å². The fourth-order valence-corrected chi connectivity index (χ4v) is 3.23. The van der Waals surface area contributed by atoms with Crippen LogP contribution in [0.4, 0.5) is 17.3 Å². The van der Waals surface area contributed by atoms with Gasteiger partial charge in [0.25, 0.3) is 0 Å². The molecule has 0 aliphatic carbocycles. The zero-order valence-corrected chi connectivity index (χ0v) is 16.4. The molecule has 5 N–H and O–H groups in total. The lowest BCUT2D eigenvalue weighted by Gasteiger charge is -2.15. The normalized spacial score (nSPS) is 11.8. The first kappa shape index (κ1) is 19.5. The fraction of sp³-hybridized carbons (Fsp3) is 0.167. The van der Waals surface area contributed by atoms with Crippen LogP contribution in [0.25, 0.3) is 0 Å². The van der Waals surface area contributed by atoms with Gasteiger partial charge < -0.3 is 20.2 Å². The number of rotatable bonds is 7. The molecule has 0 spiro atoms. The number of benzene rings is 1. The highest BCUT2D eigenvalue weighted by molar-refractivity contribution is 7.83. The smallest absolute Gasteiger partial charge is 0.152 e. The maximum atomic E-state index is 12.1. The van der Waals surface area contributed by atoms with Crippen LogP contribution >= 0.6 is 0 Å². The Hall–Kier alpha value is -3.24. The van der Waals surface area contributed by atoms with Gasteiger partial charge in [-0.2, -0.15) is 0 Å². The number of nitrogens with one attached hydrogen (secondary N) is 3. The van der Waals surface area contributed by atoms with Gasteiger partial charge in [-0.15, -0.1) is 0 Å². The molecular weight excluding hydrogens is 380 g/mol. The third kappa shape index (κ3) is 3.87. The molecule has 10 heteroatoms. The Morgan fingerprint density at radius 1 is 1.29 bits per heavy atom. The Balaban J connectivity index is 2.05. The standard InChI is InChI=1S/C18H20N6O3S/c1-10-4-6-14(27-10)16(19)15-17(20)22-9-23-18(15)24-12-8-11(28(25)21-2)5-7-13(12)26-3/h4-9,19,21H,1-3H3,(H3,20,22,23,24). The first-order valence-corrected chi connectivity index (χ1v) is 9.40. The molecular formula is C18H20N6O3S. The summed E-state index contributed by atoms with van der Waals surface area (Å²) in [5, 5.41) is 11.6. The lowest BCUT2D eigenvalue weighted by Crippen LogP contribution is -2.13. The van der Waals surface area contributed by atoms with Crippen LogP contribution in [0.2, 0.25) is 0 Å². The van der Waals surface area contributed by atoms with E-state index in [4.69, 9.17) is 20.3 Å². The molecule has 2 aromatic heterocycles. The number of methoxy groups -OCH3 is 1. The minimum absolute atomic E-state index is 0.0441. The molecule has 9 nitrogen and oxygen atoms in total. The third-order valence-electron chi connectivity index (χ3n) is 3.94. The zero-order valence-electron chi connectivity index (χ0n) is 15.6. The van der Waals surface area contributed by atoms with Crippen LogP contribution in [0.3, 0.4) is 0 Å². The number of nitrogen functional groups attached to an aromatic ring is 1. The van der Waals surface area contributed by atoms with E-state index in [9.17, 15) is 4.21 Å². The van der Waals surface area contributed by atoms with Crippen LogP contribution in [0.1, 0.15) is 17.1 Å². The van der Waals surface area contributed by atoms with Crippen LogP contribution in [0.15, 0.2) is 46.0 Å². The number of furan rings is 1. The van der Waals surface area contributed by atoms with Crippen LogP contribution in [0, 0.1) is 12.3 Å². The summed E-state index contributed by atoms with van der Waals surface area (Å²) in [6.45, 7) is 1.79. The summed E-state index contributed by atoms with van der Waals surface area (Å²) in [7, 11) is 1.75. The van der Waals surface area contributed by atoms with Gasteiger partial charge in [0.15, 0.2) is 5.76 Å². The van der Waals surface area contributed by atoms with Crippen molar-refractivity contribution >= 4 is 34.0 Å². The number of hydrogen-bond donors (Lipinski definition) is 4. The first-order chi connectivity index (χ1) is 13.4. The van der Waals surface area contributed by atoms with Crippen molar-refractivity contribution in [3.63, 3.8) is 0 Å². The second-order valence-corrected chi connectivity index (χ2v) is 7.14. The number of anilines is 3. The van der Waals surface area contributed by atoms with Crippen molar-refractivity contribution < 1.29 is 13.4 Å². The zero-order chi connectivity index (χ0) is 20.3. The molecule has 0 amide bonds. The van der Waals surface area contributed by atoms with Crippen molar-refractivity contribution in [2.45, 2.75) is 11.8 Å². The number of nitrogens with two attached hydrogens (primary N) is 1. The van der Waals surface area contributed by atoms with Crippen LogP contribution in [0.5, 0.6) is 5.75 Å². The minimum atomic E-state index is -1.37. The van der Waals surface area contributed by atoms with Crippen molar-refractivity contribution in [1.82, 2.24) is 14.7 Å². The maximum Gasteiger partial charge on any atom is 0.152 e. The van der Waals surface area contributed by atoms with Crippen molar-refractivity contribution in [1.29, 1.82) is 5.41 Å². The summed E-state index contributed by atoms with van der Waals surface area (Å²) >= 11 is 0. The van der Waals surface area contributed by atoms with E-state index in [1.165, 1.54) is 13.4 Å². The van der Waals surface area contributed by atoms with Gasteiger partial charge in [-0.1, -0.05) is 0 Å². The molecule has 0 fully saturated rings. The molecule has 1 unspecified atom stereocenters. The monoisotopic (exact) mass is 400 g/mol. The average Bonchev–Trinajstić information content (AvgIpc) is 3.13. The third-order valence-corrected chi connectivity index (χ3v) is 4.99. The quantitative estimate of drug-likeness (QED) is 0.446. The molecule has 0 aliphatic heterocycles. The molecule has 0 bridgehead atoms. The molecule has 0 radical (unpaired) electrons. The Morgan fingerprint density at radius 3 is 2.71 bits per heavy atom. The SMILES string of the molecule is CNS(=O)c1ccc(OC)c(Nc2ncnc(N)c2C(=N)c2ccc(C)o2)c1. The molecule has 3 rings (SSSR count). The molecule has 3 aromatic rings. The molecule has 28 heavy (non-hydrogen) atoms. The molecule has 0 saturated carbocycles. The van der Waals surface area contributed by atoms with Gasteiger partial charge in [0.05, 0.1) is 23.3 Å². The predicted octanol–water partition coefficient (Wildman–Crippen LogP) is 2.37. The molecule has 0 saturated heterocycles. The van der Waals surface area contributed by atoms with Gasteiger partial charge in [0, 0.05) is 0 Å². The largest absolute Gasteiger partial charge is 0.495 e. The second-order valence-electron chi connectivity index (χ2n) is 5.73. The van der Waals surface area contributed by atoms with Crippen LogP contribution < -0.4 is 20.5 Å². The summed E-state index contributed by atoms with van der Waals surface area (Å²) in [6, 6.07) is 8.51. The second kappa shape index (κ2) is 8.19. The van der Waals surface area contributed by atoms with Gasteiger partial charge in [-0.25, -0.2) is 18.9 Å². The summed E-state index contributed by atoms with van der Waals surface area (Å²) in [5.41, 5.74) is 6.88. The number of ether oxygens (including phenoxy) is 1. The van der Waals surface area contributed by atoms with Crippen molar-refractivity contribution in [3.8, 4) is 5.75 Å². The Morgan fingerprint density at radius 2 is 2.07 bits per heavy atom. The summed E-state index contributed by atoms with van der Waals surface area (Å²) in [5.74, 6) is 1.97. The fourth-order valence-electron chi connectivity index (χ4n) is 2.58. The van der Waals surface area contributed by atoms with Gasteiger partial charge in [-0.3, -0.25) is 5.41 Å². The Kier molecular flexibility index (Phi) is 5.71. The van der Waals surface area contributed by atoms with E-state index in [0.29, 0.717) is 39.2 Å². The predicted molar refractivity (Wildman–Crippen MR) is 108 cm³/mol. The Labute approximate surface area is 164 Å². The topological polar surface area (TPSA) is 139 Å². The van der Waals surface area contributed by atoms with Gasteiger partial charge >= 0.3 is 0 Å². The van der Waals surface area contributed by atoms with E-state index >= 15 is 0 Å². The van der Waals surface area contributed by atoms with Crippen molar-refractivity contribution in [3.05, 3.63) is 53.7 Å². The van der Waals surface area contributed by atoms with Crippen LogP contribution in [-0.4, -0.2) is 34.0 Å². The van der Waals surface area contributed by atoms with Crippen molar-refractivity contribution in [2.24, 2.45) is 0 Å². The molecule has 2 heterocycles. The summed E-state index contributed by atoms with van der Waals surface area (Å²) in [6.07, 6.45) is 1.30. The van der Waals surface area contributed by atoms with E-state index < -0.39 is 11.0 Å². The molecule has 1 atom stereocenters. The minimum Gasteiger partial charge on any atom is -0.495 e. The lowest BCUT2D eigenvalue weighted by molar-refractivity contribution is 0.416.